The largest absolute Gasteiger partial charge is 0.320 e. The van der Waals surface area contributed by atoms with Crippen molar-refractivity contribution in [3.05, 3.63) is 64.2 Å². The van der Waals surface area contributed by atoms with E-state index in [1.165, 1.54) is 31.2 Å². The zero-order valence-electron chi connectivity index (χ0n) is 21.3. The van der Waals surface area contributed by atoms with Crippen LogP contribution in [0.25, 0.3) is 0 Å². The number of likely N-dealkylation sites (tertiary alicyclic amines) is 1. The monoisotopic (exact) mass is 546 g/mol. The number of nitrogens with zero attached hydrogens (tertiary/aromatic N) is 1. The number of quaternary nitrogens is 1. The molecule has 5 heteroatoms. The van der Waals surface area contributed by atoms with Gasteiger partial charge in [0.25, 0.3) is 5.91 Å². The molecule has 1 N–H and O–H groups in total. The van der Waals surface area contributed by atoms with Gasteiger partial charge in [0.2, 0.25) is 0 Å². The zero-order valence-corrected chi connectivity index (χ0v) is 24.9. The molecule has 179 valence electrons. The smallest absolute Gasteiger partial charge is 0.282 e. The van der Waals surface area contributed by atoms with Crippen LogP contribution in [0.3, 0.4) is 0 Å². The van der Waals surface area contributed by atoms with Crippen LogP contribution >= 0.6 is 11.6 Å². The average Bonchev–Trinajstić information content (AvgIpc) is 3.02. The van der Waals surface area contributed by atoms with Crippen molar-refractivity contribution in [3.63, 3.8) is 0 Å². The average molecular weight is 547 g/mol. The van der Waals surface area contributed by atoms with Gasteiger partial charge in [0.15, 0.2) is 6.04 Å². The molecule has 0 spiro atoms. The summed E-state index contributed by atoms with van der Waals surface area (Å²) in [5.41, 5.74) is 4.32. The van der Waals surface area contributed by atoms with E-state index in [1.807, 2.05) is 44.2 Å². The summed E-state index contributed by atoms with van der Waals surface area (Å²) in [6, 6.07) is 14.2. The summed E-state index contributed by atoms with van der Waals surface area (Å²) < 4.78 is 0.950. The number of halogens is 1. The van der Waals surface area contributed by atoms with Crippen molar-refractivity contribution in [3.8, 4) is 0 Å². The van der Waals surface area contributed by atoms with Crippen LogP contribution in [0.2, 0.25) is 5.02 Å². The molecule has 33 heavy (non-hydrogen) atoms. The van der Waals surface area contributed by atoms with Gasteiger partial charge in [-0.15, -0.1) is 0 Å². The second-order valence-electron chi connectivity index (χ2n) is 9.26. The van der Waals surface area contributed by atoms with Crippen LogP contribution in [0.1, 0.15) is 69.1 Å². The minimum absolute atomic E-state index is 0. The molecule has 2 aromatic carbocycles. The summed E-state index contributed by atoms with van der Waals surface area (Å²) in [6.45, 7) is 13.8. The fourth-order valence-electron chi connectivity index (χ4n) is 4.94. The summed E-state index contributed by atoms with van der Waals surface area (Å²) >= 11 is 6.14. The van der Waals surface area contributed by atoms with E-state index in [1.54, 1.807) is 0 Å². The van der Waals surface area contributed by atoms with Gasteiger partial charge in [0.1, 0.15) is 0 Å². The molecule has 1 aliphatic heterocycles. The van der Waals surface area contributed by atoms with E-state index in [2.05, 4.69) is 38.2 Å². The predicted octanol–water partition coefficient (Wildman–Crippen LogP) is 7.47. The van der Waals surface area contributed by atoms with Gasteiger partial charge in [-0.25, -0.2) is 0 Å². The van der Waals surface area contributed by atoms with Crippen molar-refractivity contribution in [1.82, 2.24) is 0 Å². The van der Waals surface area contributed by atoms with Gasteiger partial charge in [0, 0.05) is 49.8 Å². The second kappa shape index (κ2) is 15.3. The van der Waals surface area contributed by atoms with Crippen LogP contribution in [0, 0.1) is 20.8 Å². The fourth-order valence-corrected chi connectivity index (χ4v) is 5.27. The molecule has 1 amide bonds. The number of hydrogen-bond donors (Lipinski definition) is 1. The molecule has 3 nitrogen and oxygen atoms in total. The summed E-state index contributed by atoms with van der Waals surface area (Å²) in [7, 11) is 0. The molecule has 1 fully saturated rings. The SMILES string of the molecule is CCCC(C(=O)Nc1c(C)cc(Cl)cc1C)[N+]1(CC)CCCCCC1.Cc1ccccc1.[Y]. The Morgan fingerprint density at radius 1 is 0.970 bits per heavy atom. The summed E-state index contributed by atoms with van der Waals surface area (Å²) in [4.78, 5) is 13.3. The first-order valence-electron chi connectivity index (χ1n) is 12.3. The molecule has 1 saturated heterocycles. The first-order chi connectivity index (χ1) is 15.3. The van der Waals surface area contributed by atoms with Crippen LogP contribution in [-0.4, -0.2) is 36.1 Å². The van der Waals surface area contributed by atoms with Gasteiger partial charge in [0.05, 0.1) is 19.6 Å². The first kappa shape index (κ1) is 30.3. The van der Waals surface area contributed by atoms with Gasteiger partial charge in [-0.3, -0.25) is 4.79 Å². The van der Waals surface area contributed by atoms with Crippen LogP contribution in [-0.2, 0) is 37.5 Å². The molecule has 0 aromatic heterocycles. The molecule has 1 heterocycles. The Labute approximate surface area is 232 Å². The van der Waals surface area contributed by atoms with E-state index in [4.69, 9.17) is 11.6 Å². The Balaban J connectivity index is 0.000000581. The van der Waals surface area contributed by atoms with Crippen molar-refractivity contribution in [1.29, 1.82) is 0 Å². The fraction of sp³-hybridized carbons (Fsp3) is 0.536. The molecular formula is C28H42ClN2OY+. The quantitative estimate of drug-likeness (QED) is 0.374. The normalized spacial score (nSPS) is 15.8. The van der Waals surface area contributed by atoms with E-state index in [9.17, 15) is 4.79 Å². The third kappa shape index (κ3) is 9.09. The molecule has 1 atom stereocenters. The third-order valence-electron chi connectivity index (χ3n) is 6.80. The van der Waals surface area contributed by atoms with Crippen molar-refractivity contribution in [2.24, 2.45) is 0 Å². The maximum Gasteiger partial charge on any atom is 0.282 e. The minimum Gasteiger partial charge on any atom is -0.320 e. The summed E-state index contributed by atoms with van der Waals surface area (Å²) in [5, 5.41) is 3.98. The van der Waals surface area contributed by atoms with E-state index < -0.39 is 0 Å². The van der Waals surface area contributed by atoms with Crippen molar-refractivity contribution in [2.45, 2.75) is 79.2 Å². The minimum atomic E-state index is 0. The Bertz CT molecular complexity index is 825. The molecular weight excluding hydrogens is 505 g/mol. The number of carbonyl (C=O) groups excluding carboxylic acids is 1. The van der Waals surface area contributed by atoms with Crippen molar-refractivity contribution in [2.75, 3.05) is 25.0 Å². The van der Waals surface area contributed by atoms with E-state index in [0.29, 0.717) is 0 Å². The van der Waals surface area contributed by atoms with Gasteiger partial charge in [-0.2, -0.15) is 0 Å². The summed E-state index contributed by atoms with van der Waals surface area (Å²) in [6.07, 6.45) is 7.06. The number of rotatable bonds is 6. The number of anilines is 1. The van der Waals surface area contributed by atoms with Gasteiger partial charge in [-0.1, -0.05) is 54.4 Å². The number of carbonyl (C=O) groups is 1. The maximum atomic E-state index is 13.3. The number of amides is 1. The van der Waals surface area contributed by atoms with E-state index in [-0.39, 0.29) is 44.7 Å². The zero-order chi connectivity index (χ0) is 23.6. The Morgan fingerprint density at radius 3 is 1.94 bits per heavy atom. The molecule has 0 aliphatic carbocycles. The number of nitrogens with one attached hydrogen (secondary N) is 1. The van der Waals surface area contributed by atoms with Gasteiger partial charge < -0.3 is 9.80 Å². The molecule has 1 aliphatic rings. The topological polar surface area (TPSA) is 29.1 Å². The molecule has 1 unspecified atom stereocenters. The van der Waals surface area contributed by atoms with Crippen molar-refractivity contribution < 1.29 is 42.0 Å². The molecule has 0 bridgehead atoms. The summed E-state index contributed by atoms with van der Waals surface area (Å²) in [5.74, 6) is 0.180. The number of benzene rings is 2. The maximum absolute atomic E-state index is 13.3. The van der Waals surface area contributed by atoms with Crippen LogP contribution in [0.15, 0.2) is 42.5 Å². The van der Waals surface area contributed by atoms with Crippen molar-refractivity contribution >= 4 is 23.2 Å². The van der Waals surface area contributed by atoms with Gasteiger partial charge in [-0.05, 0) is 83.1 Å². The molecule has 2 aromatic rings. The molecule has 0 saturated carbocycles. The standard InChI is InChI=1S/C21H33ClN2O.C7H8.Y/c1-5-11-19(24(6-2)12-9-7-8-10-13-24)21(25)23-20-16(3)14-18(22)15-17(20)4;1-7-5-3-2-4-6-7;/h14-15,19H,5-13H2,1-4H3;2-6H,1H3;/p+1. The van der Waals surface area contributed by atoms with E-state index in [0.717, 1.165) is 58.8 Å². The van der Waals surface area contributed by atoms with Gasteiger partial charge >= 0.3 is 0 Å². The Morgan fingerprint density at radius 2 is 1.52 bits per heavy atom. The first-order valence-corrected chi connectivity index (χ1v) is 12.7. The van der Waals surface area contributed by atoms with Crippen LogP contribution < -0.4 is 5.32 Å². The third-order valence-corrected chi connectivity index (χ3v) is 7.02. The number of aryl methyl sites for hydroxylation is 3. The number of hydrogen-bond acceptors (Lipinski definition) is 1. The Hall–Kier alpha value is -0.736. The molecule has 3 rings (SSSR count). The molecule has 1 radical (unpaired) electrons. The van der Waals surface area contributed by atoms with Crippen LogP contribution in [0.4, 0.5) is 5.69 Å². The Kier molecular flexibility index (Phi) is 14.0. The van der Waals surface area contributed by atoms with E-state index >= 15 is 0 Å². The predicted molar refractivity (Wildman–Crippen MR) is 138 cm³/mol. The number of likely N-dealkylation sites (N-methyl/N-ethyl adjacent to an activating group) is 1. The van der Waals surface area contributed by atoms with Crippen LogP contribution in [0.5, 0.6) is 0 Å². The second-order valence-corrected chi connectivity index (χ2v) is 9.70.